The minimum absolute atomic E-state index is 0.00447. The number of benzene rings is 3. The van der Waals surface area contributed by atoms with E-state index >= 15 is 4.39 Å². The van der Waals surface area contributed by atoms with Crippen LogP contribution >= 0.6 is 0 Å². The molecule has 14 nitrogen and oxygen atoms in total. The first-order valence-electron chi connectivity index (χ1n) is 18.1. The van der Waals surface area contributed by atoms with E-state index in [4.69, 9.17) is 9.47 Å². The number of hydrogen-bond acceptors (Lipinski definition) is 11. The van der Waals surface area contributed by atoms with E-state index in [2.05, 4.69) is 36.1 Å². The molecule has 2 fully saturated rings. The minimum atomic E-state index is -4.91. The first-order valence-corrected chi connectivity index (χ1v) is 18.1. The van der Waals surface area contributed by atoms with Crippen molar-refractivity contribution in [3.8, 4) is 17.4 Å². The summed E-state index contributed by atoms with van der Waals surface area (Å²) in [4.78, 5) is 60.8. The fraction of sp³-hybridized carbons (Fsp3) is 0.333. The van der Waals surface area contributed by atoms with Gasteiger partial charge in [-0.05, 0) is 54.7 Å². The van der Waals surface area contributed by atoms with Gasteiger partial charge in [-0.25, -0.2) is 9.37 Å². The van der Waals surface area contributed by atoms with Crippen molar-refractivity contribution in [1.82, 2.24) is 30.4 Å². The molecule has 3 aliphatic rings. The van der Waals surface area contributed by atoms with Crippen molar-refractivity contribution < 1.29 is 46.2 Å². The normalized spacial score (nSPS) is 17.5. The van der Waals surface area contributed by atoms with Crippen molar-refractivity contribution in [3.63, 3.8) is 0 Å². The smallest absolute Gasteiger partial charge is 0.423 e. The molecule has 4 N–H and O–H groups in total. The Morgan fingerprint density at radius 3 is 2.47 bits per heavy atom. The summed E-state index contributed by atoms with van der Waals surface area (Å²) in [6.07, 6.45) is -2.45. The van der Waals surface area contributed by atoms with Gasteiger partial charge >= 0.3 is 6.18 Å². The third kappa shape index (κ3) is 8.75. The Morgan fingerprint density at radius 2 is 1.77 bits per heavy atom. The predicted molar refractivity (Wildman–Crippen MR) is 198 cm³/mol. The molecule has 4 amide bonds. The topological polar surface area (TPSA) is 167 Å². The largest absolute Gasteiger partial charge is 0.495 e. The van der Waals surface area contributed by atoms with Gasteiger partial charge in [0.2, 0.25) is 23.6 Å². The van der Waals surface area contributed by atoms with E-state index in [0.29, 0.717) is 50.7 Å². The van der Waals surface area contributed by atoms with Gasteiger partial charge in [0.25, 0.3) is 11.8 Å². The molecular formula is C39H38F4N8O6. The molecular weight excluding hydrogens is 752 g/mol. The van der Waals surface area contributed by atoms with Crippen LogP contribution in [0.5, 0.6) is 17.4 Å². The summed E-state index contributed by atoms with van der Waals surface area (Å²) in [5.74, 6) is -4.00. The number of methoxy groups -OCH3 is 1. The van der Waals surface area contributed by atoms with E-state index in [9.17, 15) is 32.3 Å². The summed E-state index contributed by atoms with van der Waals surface area (Å²) in [5.41, 5.74) is 0.874. The van der Waals surface area contributed by atoms with Crippen LogP contribution in [-0.2, 0) is 28.9 Å². The molecule has 1 atom stereocenters. The first-order chi connectivity index (χ1) is 27.2. The summed E-state index contributed by atoms with van der Waals surface area (Å²) in [5, 5.41) is 11.0. The Morgan fingerprint density at radius 1 is 1.02 bits per heavy atom. The third-order valence-electron chi connectivity index (χ3n) is 9.99. The van der Waals surface area contributed by atoms with Gasteiger partial charge in [-0.1, -0.05) is 24.3 Å². The number of aromatic nitrogens is 2. The maximum atomic E-state index is 15.5. The third-order valence-corrected chi connectivity index (χ3v) is 9.99. The van der Waals surface area contributed by atoms with E-state index in [1.165, 1.54) is 24.1 Å². The number of carbonyl (C=O) groups is 4. The molecule has 4 aromatic rings. The monoisotopic (exact) mass is 790 g/mol. The molecule has 0 aliphatic carbocycles. The lowest BCUT2D eigenvalue weighted by Gasteiger charge is -2.32. The number of fused-ring (bicyclic) bond motifs is 1. The quantitative estimate of drug-likeness (QED) is 0.114. The Hall–Kier alpha value is -6.30. The number of amides is 4. The summed E-state index contributed by atoms with van der Waals surface area (Å²) >= 11 is 0. The summed E-state index contributed by atoms with van der Waals surface area (Å²) in [6, 6.07) is 13.7. The van der Waals surface area contributed by atoms with E-state index < -0.39 is 47.2 Å². The van der Waals surface area contributed by atoms with Crippen molar-refractivity contribution >= 4 is 41.0 Å². The lowest BCUT2D eigenvalue weighted by molar-refractivity contribution is -0.139. The van der Waals surface area contributed by atoms with E-state index in [1.807, 2.05) is 24.3 Å². The highest BCUT2D eigenvalue weighted by atomic mass is 19.4. The fourth-order valence-electron chi connectivity index (χ4n) is 6.97. The molecule has 1 aromatic heterocycles. The predicted octanol–water partition coefficient (Wildman–Crippen LogP) is 5.38. The molecule has 3 aromatic carbocycles. The second-order valence-corrected chi connectivity index (χ2v) is 14.0. The molecule has 3 aliphatic heterocycles. The highest BCUT2D eigenvalue weighted by Gasteiger charge is 2.38. The number of anilines is 3. The van der Waals surface area contributed by atoms with Gasteiger partial charge in [-0.15, -0.1) is 0 Å². The molecule has 298 valence electrons. The molecule has 18 heteroatoms. The zero-order valence-corrected chi connectivity index (χ0v) is 30.8. The van der Waals surface area contributed by atoms with Gasteiger partial charge in [0.1, 0.15) is 28.9 Å². The van der Waals surface area contributed by atoms with Crippen molar-refractivity contribution in [1.29, 1.82) is 0 Å². The second-order valence-electron chi connectivity index (χ2n) is 14.0. The number of imide groups is 1. The van der Waals surface area contributed by atoms with Gasteiger partial charge in [0.05, 0.1) is 23.9 Å². The number of halogens is 4. The molecule has 4 heterocycles. The Bertz CT molecular complexity index is 2210. The average Bonchev–Trinajstić information content (AvgIpc) is 3.47. The second kappa shape index (κ2) is 16.0. The van der Waals surface area contributed by atoms with Gasteiger partial charge in [-0.3, -0.25) is 29.4 Å². The number of rotatable bonds is 11. The lowest BCUT2D eigenvalue weighted by atomic mass is 10.0. The number of nitrogens with zero attached hydrogens (tertiary/aromatic N) is 4. The zero-order valence-electron chi connectivity index (χ0n) is 30.8. The van der Waals surface area contributed by atoms with Crippen molar-refractivity contribution in [2.75, 3.05) is 37.9 Å². The van der Waals surface area contributed by atoms with Crippen LogP contribution in [0.4, 0.5) is 34.9 Å². The van der Waals surface area contributed by atoms with Gasteiger partial charge in [0, 0.05) is 63.6 Å². The van der Waals surface area contributed by atoms with E-state index in [-0.39, 0.29) is 59.1 Å². The van der Waals surface area contributed by atoms with E-state index in [0.717, 1.165) is 17.3 Å². The summed E-state index contributed by atoms with van der Waals surface area (Å²) in [6.45, 7) is 2.28. The Kier molecular flexibility index (Phi) is 11.0. The van der Waals surface area contributed by atoms with Gasteiger partial charge in [-0.2, -0.15) is 18.2 Å². The molecule has 0 spiro atoms. The number of nitrogens with one attached hydrogen (secondary N) is 4. The van der Waals surface area contributed by atoms with Crippen molar-refractivity contribution in [2.45, 2.75) is 57.0 Å². The molecule has 0 bridgehead atoms. The van der Waals surface area contributed by atoms with Crippen LogP contribution in [0, 0.1) is 5.82 Å². The number of alkyl halides is 3. The SMILES string of the molecule is COc1cc(C(=O)NC2CCN(Cc3ccc(NC4CCC(=O)NC4=O)cc3)CC2)c(F)cc1Nc1ncc(C(F)(F)F)c(Oc2cccc3c2C(=O)N(C)C3)n1. The number of ether oxygens (including phenoxy) is 2. The molecule has 1 unspecified atom stereocenters. The number of carbonyl (C=O) groups excluding carboxylic acids is 4. The van der Waals surface area contributed by atoms with Gasteiger partial charge in [0.15, 0.2) is 0 Å². The summed E-state index contributed by atoms with van der Waals surface area (Å²) < 4.78 is 68.5. The standard InChI is InChI=1S/C39H38F4N8O6/c1-50-20-22-4-3-5-30(33(22)37(50)55)57-36-26(39(41,42)43)18-44-38(49-36)47-29-17-27(40)25(16-31(29)56-2)34(53)46-24-12-14-51(15-13-24)19-21-6-8-23(9-7-21)45-28-10-11-32(52)48-35(28)54/h3-9,16-18,24,28,45H,10-15,19-20H2,1-2H3,(H,46,53)(H,44,47,49)(H,48,52,54). The van der Waals surface area contributed by atoms with Crippen LogP contribution in [0.3, 0.4) is 0 Å². The fourth-order valence-corrected chi connectivity index (χ4v) is 6.97. The van der Waals surface area contributed by atoms with Crippen molar-refractivity contribution in [3.05, 3.63) is 94.4 Å². The average molecular weight is 791 g/mol. The molecule has 2 saturated heterocycles. The van der Waals surface area contributed by atoms with Gasteiger partial charge < -0.3 is 30.3 Å². The highest BCUT2D eigenvalue weighted by Crippen LogP contribution is 2.40. The maximum absolute atomic E-state index is 15.5. The van der Waals surface area contributed by atoms with Crippen LogP contribution in [0.2, 0.25) is 0 Å². The van der Waals surface area contributed by atoms with Crippen LogP contribution in [-0.4, -0.2) is 82.7 Å². The van der Waals surface area contributed by atoms with E-state index in [1.54, 1.807) is 19.2 Å². The first kappa shape index (κ1) is 39.0. The highest BCUT2D eigenvalue weighted by molar-refractivity contribution is 6.02. The van der Waals surface area contributed by atoms with Crippen LogP contribution in [0.25, 0.3) is 0 Å². The van der Waals surface area contributed by atoms with Crippen molar-refractivity contribution in [2.24, 2.45) is 0 Å². The Labute approximate surface area is 323 Å². The molecule has 0 radical (unpaired) electrons. The zero-order chi connectivity index (χ0) is 40.4. The van der Waals surface area contributed by atoms with Crippen LogP contribution in [0.1, 0.15) is 63.1 Å². The van der Waals surface area contributed by atoms with Crippen LogP contribution in [0.15, 0.2) is 60.8 Å². The molecule has 57 heavy (non-hydrogen) atoms. The molecule has 0 saturated carbocycles. The number of likely N-dealkylation sites (tertiary alicyclic amines) is 1. The number of piperidine rings is 2. The maximum Gasteiger partial charge on any atom is 0.423 e. The minimum Gasteiger partial charge on any atom is -0.495 e. The van der Waals surface area contributed by atoms with Crippen LogP contribution < -0.4 is 30.7 Å². The Balaban J connectivity index is 0.969. The number of hydrogen-bond donors (Lipinski definition) is 4. The molecule has 7 rings (SSSR count). The lowest BCUT2D eigenvalue weighted by Crippen LogP contribution is -2.47. The summed E-state index contributed by atoms with van der Waals surface area (Å²) in [7, 11) is 2.84.